The summed E-state index contributed by atoms with van der Waals surface area (Å²) in [4.78, 5) is 21.3. The van der Waals surface area contributed by atoms with E-state index in [9.17, 15) is 4.79 Å². The third kappa shape index (κ3) is 4.42. The van der Waals surface area contributed by atoms with Crippen LogP contribution >= 0.6 is 0 Å². The van der Waals surface area contributed by atoms with Crippen LogP contribution in [-0.4, -0.2) is 47.5 Å². The van der Waals surface area contributed by atoms with Crippen LogP contribution in [0, 0.1) is 0 Å². The maximum atomic E-state index is 12.5. The molecular formula is C25H26N8O3. The predicted molar refractivity (Wildman–Crippen MR) is 131 cm³/mol. The molecule has 1 aromatic carbocycles. The van der Waals surface area contributed by atoms with Crippen molar-refractivity contribution in [3.05, 3.63) is 66.5 Å². The predicted octanol–water partition coefficient (Wildman–Crippen LogP) is 3.42. The van der Waals surface area contributed by atoms with E-state index in [1.807, 2.05) is 70.7 Å². The van der Waals surface area contributed by atoms with Crippen LogP contribution in [0.4, 0.5) is 0 Å². The van der Waals surface area contributed by atoms with E-state index < -0.39 is 5.91 Å². The number of aryl methyl sites for hydroxylation is 1. The Kier molecular flexibility index (Phi) is 5.75. The van der Waals surface area contributed by atoms with E-state index >= 15 is 0 Å². The summed E-state index contributed by atoms with van der Waals surface area (Å²) >= 11 is 0. The van der Waals surface area contributed by atoms with Gasteiger partial charge in [-0.1, -0.05) is 38.1 Å². The first kappa shape index (κ1) is 23.2. The van der Waals surface area contributed by atoms with Gasteiger partial charge in [0.1, 0.15) is 12.1 Å². The molecule has 4 aromatic heterocycles. The van der Waals surface area contributed by atoms with Gasteiger partial charge in [0.25, 0.3) is 0 Å². The molecule has 0 saturated carbocycles. The molecule has 11 heteroatoms. The molecule has 0 radical (unpaired) electrons. The molecule has 1 N–H and O–H groups in total. The van der Waals surface area contributed by atoms with E-state index in [1.165, 1.54) is 6.33 Å². The Morgan fingerprint density at radius 3 is 2.64 bits per heavy atom. The highest BCUT2D eigenvalue weighted by Gasteiger charge is 2.24. The Bertz CT molecular complexity index is 1560. The normalized spacial score (nSPS) is 11.7. The highest BCUT2D eigenvalue weighted by Crippen LogP contribution is 2.31. The van der Waals surface area contributed by atoms with E-state index in [1.54, 1.807) is 16.3 Å². The first-order chi connectivity index (χ1) is 17.2. The number of nitrogens with zero attached hydrogens (tertiary/aromatic N) is 7. The van der Waals surface area contributed by atoms with E-state index in [4.69, 9.17) is 9.26 Å². The third-order valence-electron chi connectivity index (χ3n) is 5.74. The van der Waals surface area contributed by atoms with E-state index in [-0.39, 0.29) is 17.9 Å². The molecule has 184 valence electrons. The minimum absolute atomic E-state index is 0.0726. The average Bonchev–Trinajstić information content (AvgIpc) is 3.60. The summed E-state index contributed by atoms with van der Waals surface area (Å²) in [5.41, 5.74) is 4.94. The number of nitrogens with one attached hydrogen (secondary N) is 1. The fraction of sp³-hybridized carbons (Fsp3) is 0.280. The van der Waals surface area contributed by atoms with Crippen LogP contribution < -0.4 is 10.1 Å². The van der Waals surface area contributed by atoms with E-state index in [2.05, 4.69) is 30.6 Å². The lowest BCUT2D eigenvalue weighted by molar-refractivity contribution is 0.0906. The smallest absolute Gasteiger partial charge is 0.315 e. The molecule has 0 atom stereocenters. The molecule has 11 nitrogen and oxygen atoms in total. The van der Waals surface area contributed by atoms with Crippen molar-refractivity contribution in [1.82, 2.24) is 39.8 Å². The lowest BCUT2D eigenvalue weighted by Crippen LogP contribution is -2.24. The molecule has 4 heterocycles. The Labute approximate surface area is 207 Å². The molecule has 0 saturated heterocycles. The topological polar surface area (TPSA) is 125 Å². The lowest BCUT2D eigenvalue weighted by atomic mass is 9.96. The second-order valence-electron chi connectivity index (χ2n) is 9.45. The van der Waals surface area contributed by atoms with Crippen LogP contribution in [0.1, 0.15) is 42.8 Å². The zero-order chi connectivity index (χ0) is 25.4. The number of amides is 1. The summed E-state index contributed by atoms with van der Waals surface area (Å²) in [7, 11) is 3.47. The number of benzene rings is 1. The zero-order valence-corrected chi connectivity index (χ0v) is 20.7. The van der Waals surface area contributed by atoms with Crippen molar-refractivity contribution in [3.8, 4) is 28.1 Å². The molecule has 0 aliphatic rings. The number of hydrogen-bond acceptors (Lipinski definition) is 8. The quantitative estimate of drug-likeness (QED) is 0.387. The number of hydrogen-bond donors (Lipinski definition) is 1. The van der Waals surface area contributed by atoms with Gasteiger partial charge in [-0.3, -0.25) is 9.48 Å². The number of fused-ring (bicyclic) bond motifs is 1. The van der Waals surface area contributed by atoms with Crippen LogP contribution in [-0.2, 0) is 19.0 Å². The monoisotopic (exact) mass is 486 g/mol. The van der Waals surface area contributed by atoms with Crippen LogP contribution in [0.3, 0.4) is 0 Å². The molecule has 0 aliphatic carbocycles. The Balaban J connectivity index is 1.39. The summed E-state index contributed by atoms with van der Waals surface area (Å²) in [6.07, 6.45) is 7.23. The minimum Gasteiger partial charge on any atom is -0.496 e. The third-order valence-corrected chi connectivity index (χ3v) is 5.74. The number of carbonyl (C=O) groups is 1. The van der Waals surface area contributed by atoms with E-state index in [0.717, 1.165) is 33.5 Å². The van der Waals surface area contributed by atoms with Gasteiger partial charge in [-0.05, 0) is 12.1 Å². The van der Waals surface area contributed by atoms with Crippen molar-refractivity contribution in [1.29, 1.82) is 0 Å². The van der Waals surface area contributed by atoms with Gasteiger partial charge >= 0.3 is 11.8 Å². The standard InChI is InChI=1S/C25H26N8O3/c1-25(2,3)24-30-23(36-31-24)22(34)26-10-16-7-6-15(9-20(16)35-5)21-19-8-17(13-33(19)29-14-27-21)18-11-28-32(4)12-18/h6-9,11-14H,10H2,1-5H3,(H,26,34). The molecule has 0 aliphatic heterocycles. The molecular weight excluding hydrogens is 460 g/mol. The van der Waals surface area contributed by atoms with Gasteiger partial charge in [-0.2, -0.15) is 15.2 Å². The minimum atomic E-state index is -0.447. The first-order valence-corrected chi connectivity index (χ1v) is 11.3. The number of rotatable bonds is 6. The van der Waals surface area contributed by atoms with Crippen LogP contribution in [0.2, 0.25) is 0 Å². The summed E-state index contributed by atoms with van der Waals surface area (Å²) in [5.74, 6) is 0.571. The second kappa shape index (κ2) is 8.91. The van der Waals surface area contributed by atoms with Crippen molar-refractivity contribution in [2.45, 2.75) is 32.7 Å². The molecule has 5 rings (SSSR count). The number of aromatic nitrogens is 7. The fourth-order valence-electron chi connectivity index (χ4n) is 3.79. The van der Waals surface area contributed by atoms with Gasteiger partial charge in [-0.25, -0.2) is 9.50 Å². The highest BCUT2D eigenvalue weighted by molar-refractivity contribution is 5.89. The number of ether oxygens (including phenoxy) is 1. The summed E-state index contributed by atoms with van der Waals surface area (Å²) < 4.78 is 14.3. The maximum absolute atomic E-state index is 12.5. The molecule has 0 unspecified atom stereocenters. The van der Waals surface area contributed by atoms with Crippen molar-refractivity contribution in [3.63, 3.8) is 0 Å². The summed E-state index contributed by atoms with van der Waals surface area (Å²) in [6, 6.07) is 7.76. The van der Waals surface area contributed by atoms with Crippen LogP contribution in [0.5, 0.6) is 5.75 Å². The molecule has 1 amide bonds. The highest BCUT2D eigenvalue weighted by atomic mass is 16.5. The van der Waals surface area contributed by atoms with Crippen LogP contribution in [0.15, 0.2) is 53.7 Å². The van der Waals surface area contributed by atoms with Crippen molar-refractivity contribution >= 4 is 11.4 Å². The Morgan fingerprint density at radius 2 is 1.94 bits per heavy atom. The SMILES string of the molecule is COc1cc(-c2ncnn3cc(-c4cnn(C)c4)cc23)ccc1CNC(=O)c1nc(C(C)(C)C)no1. The second-order valence-corrected chi connectivity index (χ2v) is 9.45. The maximum Gasteiger partial charge on any atom is 0.315 e. The summed E-state index contributed by atoms with van der Waals surface area (Å²) in [6.45, 7) is 6.08. The number of carbonyl (C=O) groups excluding carboxylic acids is 1. The fourth-order valence-corrected chi connectivity index (χ4v) is 3.79. The molecule has 0 spiro atoms. The molecule has 5 aromatic rings. The average molecular weight is 487 g/mol. The zero-order valence-electron chi connectivity index (χ0n) is 20.7. The van der Waals surface area contributed by atoms with Gasteiger partial charge in [-0.15, -0.1) is 0 Å². The Morgan fingerprint density at radius 1 is 1.11 bits per heavy atom. The van der Waals surface area contributed by atoms with Gasteiger partial charge in [0.2, 0.25) is 0 Å². The van der Waals surface area contributed by atoms with Crippen molar-refractivity contribution in [2.24, 2.45) is 7.05 Å². The van der Waals surface area contributed by atoms with Gasteiger partial charge in [0.15, 0.2) is 5.82 Å². The van der Waals surface area contributed by atoms with Gasteiger partial charge in [0.05, 0.1) is 24.5 Å². The molecule has 0 fully saturated rings. The van der Waals surface area contributed by atoms with Gasteiger partial charge in [0, 0.05) is 53.7 Å². The van der Waals surface area contributed by atoms with Crippen molar-refractivity contribution < 1.29 is 14.1 Å². The van der Waals surface area contributed by atoms with Crippen LogP contribution in [0.25, 0.3) is 27.9 Å². The van der Waals surface area contributed by atoms with Crippen molar-refractivity contribution in [2.75, 3.05) is 7.11 Å². The van der Waals surface area contributed by atoms with E-state index in [0.29, 0.717) is 11.6 Å². The first-order valence-electron chi connectivity index (χ1n) is 11.3. The van der Waals surface area contributed by atoms with Gasteiger partial charge < -0.3 is 14.6 Å². The molecule has 0 bridgehead atoms. The largest absolute Gasteiger partial charge is 0.496 e. The molecule has 36 heavy (non-hydrogen) atoms. The lowest BCUT2D eigenvalue weighted by Gasteiger charge is -2.12. The number of methoxy groups -OCH3 is 1. The Hall–Kier alpha value is -4.54. The summed E-state index contributed by atoms with van der Waals surface area (Å²) in [5, 5.41) is 15.3.